The van der Waals surface area contributed by atoms with E-state index in [9.17, 15) is 4.79 Å². The Morgan fingerprint density at radius 1 is 1.14 bits per heavy atom. The highest BCUT2D eigenvalue weighted by Crippen LogP contribution is 2.27. The molecule has 3 aromatic rings. The van der Waals surface area contributed by atoms with Gasteiger partial charge in [-0.05, 0) is 56.1 Å². The molecular weight excluding hydrogens is 382 g/mol. The lowest BCUT2D eigenvalue weighted by Crippen LogP contribution is -2.34. The van der Waals surface area contributed by atoms with E-state index in [1.165, 1.54) is 0 Å². The van der Waals surface area contributed by atoms with Crippen LogP contribution in [0.15, 0.2) is 76.2 Å². The van der Waals surface area contributed by atoms with E-state index in [4.69, 9.17) is 9.68 Å². The number of benzene rings is 2. The smallest absolute Gasteiger partial charge is 0.252 e. The number of likely N-dealkylation sites (N-methyl/N-ethyl adjacent to an activating group) is 1. The fraction of sp³-hybridized carbons (Fsp3) is 0.217. The third-order valence-corrected chi connectivity index (χ3v) is 5.70. The molecule has 1 N–H and O–H groups in total. The standard InChI is InChI=1S/C23H23N3O2S/c1-26(2)20(21-7-5-13-28-21)15-25-23(27)19-6-3-4-8-22(19)29-16-18-11-9-17(14-24)10-12-18/h3-13,20H,15-16H2,1-2H3,(H,25,27). The van der Waals surface area contributed by atoms with E-state index in [1.54, 1.807) is 18.0 Å². The van der Waals surface area contributed by atoms with Crippen LogP contribution in [0.1, 0.15) is 33.3 Å². The van der Waals surface area contributed by atoms with Gasteiger partial charge in [0.2, 0.25) is 0 Å². The van der Waals surface area contributed by atoms with Crippen molar-refractivity contribution in [3.8, 4) is 6.07 Å². The molecule has 0 aliphatic carbocycles. The highest BCUT2D eigenvalue weighted by molar-refractivity contribution is 7.98. The first-order chi connectivity index (χ1) is 14.1. The summed E-state index contributed by atoms with van der Waals surface area (Å²) in [6.07, 6.45) is 1.64. The van der Waals surface area contributed by atoms with Crippen molar-refractivity contribution in [3.63, 3.8) is 0 Å². The lowest BCUT2D eigenvalue weighted by molar-refractivity contribution is 0.0936. The number of nitrogens with zero attached hydrogens (tertiary/aromatic N) is 2. The summed E-state index contributed by atoms with van der Waals surface area (Å²) < 4.78 is 5.51. The summed E-state index contributed by atoms with van der Waals surface area (Å²) in [5.74, 6) is 1.44. The van der Waals surface area contributed by atoms with Gasteiger partial charge in [0.25, 0.3) is 5.91 Å². The Balaban J connectivity index is 1.65. The molecule has 29 heavy (non-hydrogen) atoms. The Kier molecular flexibility index (Phi) is 7.12. The van der Waals surface area contributed by atoms with Crippen molar-refractivity contribution < 1.29 is 9.21 Å². The Morgan fingerprint density at radius 2 is 1.90 bits per heavy atom. The summed E-state index contributed by atoms with van der Waals surface area (Å²) in [4.78, 5) is 15.8. The number of carbonyl (C=O) groups excluding carboxylic acids is 1. The summed E-state index contributed by atoms with van der Waals surface area (Å²) in [5.41, 5.74) is 2.41. The van der Waals surface area contributed by atoms with Crippen molar-refractivity contribution in [3.05, 3.63) is 89.4 Å². The quantitative estimate of drug-likeness (QED) is 0.560. The van der Waals surface area contributed by atoms with Crippen LogP contribution in [0.25, 0.3) is 0 Å². The van der Waals surface area contributed by atoms with Gasteiger partial charge in [-0.3, -0.25) is 9.69 Å². The van der Waals surface area contributed by atoms with Gasteiger partial charge in [0.15, 0.2) is 0 Å². The number of nitrogens with one attached hydrogen (secondary N) is 1. The zero-order valence-electron chi connectivity index (χ0n) is 16.5. The average molecular weight is 406 g/mol. The predicted molar refractivity (Wildman–Crippen MR) is 115 cm³/mol. The van der Waals surface area contributed by atoms with Crippen molar-refractivity contribution in [1.82, 2.24) is 10.2 Å². The number of carbonyl (C=O) groups is 1. The Labute approximate surface area is 175 Å². The molecule has 1 aromatic heterocycles. The maximum Gasteiger partial charge on any atom is 0.252 e. The second-order valence-corrected chi connectivity index (χ2v) is 7.82. The fourth-order valence-corrected chi connectivity index (χ4v) is 3.93. The molecule has 0 fully saturated rings. The van der Waals surface area contributed by atoms with Crippen molar-refractivity contribution >= 4 is 17.7 Å². The van der Waals surface area contributed by atoms with Crippen LogP contribution in [0.2, 0.25) is 0 Å². The van der Waals surface area contributed by atoms with Gasteiger partial charge in [-0.15, -0.1) is 11.8 Å². The Hall–Kier alpha value is -3.01. The number of rotatable bonds is 8. The van der Waals surface area contributed by atoms with Gasteiger partial charge in [-0.2, -0.15) is 5.26 Å². The van der Waals surface area contributed by atoms with Crippen LogP contribution in [-0.4, -0.2) is 31.4 Å². The van der Waals surface area contributed by atoms with Crippen molar-refractivity contribution in [2.75, 3.05) is 20.6 Å². The third kappa shape index (κ3) is 5.50. The van der Waals surface area contributed by atoms with E-state index in [1.807, 2.05) is 79.7 Å². The summed E-state index contributed by atoms with van der Waals surface area (Å²) in [6, 6.07) is 21.0. The normalized spacial score (nSPS) is 11.8. The maximum absolute atomic E-state index is 12.8. The van der Waals surface area contributed by atoms with Gasteiger partial charge in [0, 0.05) is 17.2 Å². The largest absolute Gasteiger partial charge is 0.468 e. The number of nitriles is 1. The van der Waals surface area contributed by atoms with E-state index in [0.29, 0.717) is 17.7 Å². The lowest BCUT2D eigenvalue weighted by Gasteiger charge is -2.22. The van der Waals surface area contributed by atoms with Crippen LogP contribution in [0.4, 0.5) is 0 Å². The van der Waals surface area contributed by atoms with Gasteiger partial charge in [0.1, 0.15) is 5.76 Å². The van der Waals surface area contributed by atoms with Crippen LogP contribution in [0, 0.1) is 11.3 Å². The van der Waals surface area contributed by atoms with E-state index in [-0.39, 0.29) is 11.9 Å². The maximum atomic E-state index is 12.8. The Bertz CT molecular complexity index is 976. The molecule has 0 aliphatic rings. The molecule has 0 aliphatic heterocycles. The highest BCUT2D eigenvalue weighted by Gasteiger charge is 2.19. The van der Waals surface area contributed by atoms with Crippen molar-refractivity contribution in [2.24, 2.45) is 0 Å². The SMILES string of the molecule is CN(C)C(CNC(=O)c1ccccc1SCc1ccc(C#N)cc1)c1ccco1. The first kappa shape index (κ1) is 20.7. The molecule has 2 aromatic carbocycles. The first-order valence-electron chi connectivity index (χ1n) is 9.27. The number of amides is 1. The molecule has 1 atom stereocenters. The van der Waals surface area contributed by atoms with E-state index >= 15 is 0 Å². The third-order valence-electron chi connectivity index (χ3n) is 4.56. The molecule has 148 valence electrons. The summed E-state index contributed by atoms with van der Waals surface area (Å²) in [5, 5.41) is 11.9. The van der Waals surface area contributed by atoms with E-state index in [2.05, 4.69) is 11.4 Å². The van der Waals surface area contributed by atoms with Gasteiger partial charge >= 0.3 is 0 Å². The summed E-state index contributed by atoms with van der Waals surface area (Å²) >= 11 is 1.61. The Morgan fingerprint density at radius 3 is 2.55 bits per heavy atom. The van der Waals surface area contributed by atoms with Crippen molar-refractivity contribution in [1.29, 1.82) is 5.26 Å². The second kappa shape index (κ2) is 9.97. The van der Waals surface area contributed by atoms with Crippen LogP contribution >= 0.6 is 11.8 Å². The van der Waals surface area contributed by atoms with Crippen LogP contribution in [0.5, 0.6) is 0 Å². The molecule has 0 spiro atoms. The number of furan rings is 1. The number of hydrogen-bond donors (Lipinski definition) is 1. The summed E-state index contributed by atoms with van der Waals surface area (Å²) in [7, 11) is 3.92. The summed E-state index contributed by atoms with van der Waals surface area (Å²) in [6.45, 7) is 0.452. The molecule has 1 amide bonds. The van der Waals surface area contributed by atoms with E-state index in [0.717, 1.165) is 22.0 Å². The molecule has 1 unspecified atom stereocenters. The molecule has 3 rings (SSSR count). The molecule has 0 radical (unpaired) electrons. The average Bonchev–Trinajstić information content (AvgIpc) is 3.27. The van der Waals surface area contributed by atoms with Gasteiger partial charge in [0.05, 0.1) is 29.5 Å². The minimum absolute atomic E-state index is 0.0348. The zero-order valence-corrected chi connectivity index (χ0v) is 17.3. The molecule has 0 bridgehead atoms. The van der Waals surface area contributed by atoms with Gasteiger partial charge < -0.3 is 9.73 Å². The molecule has 5 nitrogen and oxygen atoms in total. The molecule has 0 saturated carbocycles. The number of thioether (sulfide) groups is 1. The molecular formula is C23H23N3O2S. The van der Waals surface area contributed by atoms with Crippen LogP contribution in [0.3, 0.4) is 0 Å². The molecule has 0 saturated heterocycles. The monoisotopic (exact) mass is 405 g/mol. The fourth-order valence-electron chi connectivity index (χ4n) is 2.92. The lowest BCUT2D eigenvalue weighted by atomic mass is 10.1. The highest BCUT2D eigenvalue weighted by atomic mass is 32.2. The van der Waals surface area contributed by atoms with Gasteiger partial charge in [-0.1, -0.05) is 24.3 Å². The second-order valence-electron chi connectivity index (χ2n) is 6.80. The number of hydrogen-bond acceptors (Lipinski definition) is 5. The van der Waals surface area contributed by atoms with Gasteiger partial charge in [-0.25, -0.2) is 0 Å². The van der Waals surface area contributed by atoms with Crippen LogP contribution < -0.4 is 5.32 Å². The zero-order chi connectivity index (χ0) is 20.6. The first-order valence-corrected chi connectivity index (χ1v) is 10.3. The molecule has 6 heteroatoms. The van der Waals surface area contributed by atoms with E-state index < -0.39 is 0 Å². The molecule has 1 heterocycles. The minimum Gasteiger partial charge on any atom is -0.468 e. The minimum atomic E-state index is -0.105. The van der Waals surface area contributed by atoms with Crippen LogP contribution in [-0.2, 0) is 5.75 Å². The predicted octanol–water partition coefficient (Wildman–Crippen LogP) is 4.48. The topological polar surface area (TPSA) is 69.3 Å². The van der Waals surface area contributed by atoms with Crippen molar-refractivity contribution in [2.45, 2.75) is 16.7 Å².